The molecule has 1 aromatic rings. The molecule has 3 N–H and O–H groups in total. The summed E-state index contributed by atoms with van der Waals surface area (Å²) >= 11 is 5.69. The lowest BCUT2D eigenvalue weighted by Gasteiger charge is -2.13. The Labute approximate surface area is 98.2 Å². The predicted octanol–water partition coefficient (Wildman–Crippen LogP) is 1.08. The molecule has 16 heavy (non-hydrogen) atoms. The minimum absolute atomic E-state index is 0.0473. The topological polar surface area (TPSA) is 90.1 Å². The molecule has 0 amide bonds. The molecule has 1 aromatic heterocycles. The number of aromatic nitrogens is 2. The highest BCUT2D eigenvalue weighted by molar-refractivity contribution is 6.29. The van der Waals surface area contributed by atoms with E-state index in [1.54, 1.807) is 13.8 Å². The molecule has 0 bridgehead atoms. The molecule has 0 radical (unpaired) electrons. The number of nitrogen functional groups attached to an aromatic ring is 1. The van der Waals surface area contributed by atoms with Gasteiger partial charge in [0.15, 0.2) is 0 Å². The van der Waals surface area contributed by atoms with Gasteiger partial charge in [-0.05, 0) is 13.8 Å². The fourth-order valence-electron chi connectivity index (χ4n) is 1.06. The van der Waals surface area contributed by atoms with Crippen LogP contribution < -0.4 is 11.1 Å². The molecule has 6 nitrogen and oxygen atoms in total. The maximum Gasteiger partial charge on any atom is 0.328 e. The summed E-state index contributed by atoms with van der Waals surface area (Å²) in [6, 6.07) is 0.957. The van der Waals surface area contributed by atoms with Gasteiger partial charge in [0.1, 0.15) is 17.0 Å². The van der Waals surface area contributed by atoms with Crippen LogP contribution in [0.5, 0.6) is 0 Å². The molecule has 1 atom stereocenters. The molecule has 0 aliphatic rings. The first-order valence-electron chi connectivity index (χ1n) is 4.76. The maximum atomic E-state index is 11.3. The van der Waals surface area contributed by atoms with Gasteiger partial charge >= 0.3 is 5.97 Å². The molecule has 1 unspecified atom stereocenters. The number of ether oxygens (including phenoxy) is 1. The zero-order valence-electron chi connectivity index (χ0n) is 9.03. The summed E-state index contributed by atoms with van der Waals surface area (Å²) in [6.07, 6.45) is 0. The second-order valence-electron chi connectivity index (χ2n) is 3.05. The predicted molar refractivity (Wildman–Crippen MR) is 61.2 cm³/mol. The van der Waals surface area contributed by atoms with Gasteiger partial charge in [0.2, 0.25) is 5.95 Å². The molecule has 0 spiro atoms. The van der Waals surface area contributed by atoms with Crippen molar-refractivity contribution >= 4 is 29.3 Å². The minimum Gasteiger partial charge on any atom is -0.464 e. The van der Waals surface area contributed by atoms with Gasteiger partial charge in [-0.3, -0.25) is 0 Å². The van der Waals surface area contributed by atoms with Gasteiger partial charge in [-0.25, -0.2) is 9.78 Å². The van der Waals surface area contributed by atoms with E-state index in [1.807, 2.05) is 0 Å². The third-order valence-corrected chi connectivity index (χ3v) is 1.91. The zero-order valence-corrected chi connectivity index (χ0v) is 9.78. The summed E-state index contributed by atoms with van der Waals surface area (Å²) < 4.78 is 4.83. The van der Waals surface area contributed by atoms with Crippen LogP contribution in [0.15, 0.2) is 6.07 Å². The molecule has 0 saturated heterocycles. The zero-order chi connectivity index (χ0) is 12.1. The van der Waals surface area contributed by atoms with Crippen LogP contribution in [0.3, 0.4) is 0 Å². The third kappa shape index (κ3) is 3.54. The highest BCUT2D eigenvalue weighted by atomic mass is 35.5. The molecule has 0 aliphatic heterocycles. The number of nitrogens with zero attached hydrogens (tertiary/aromatic N) is 2. The van der Waals surface area contributed by atoms with Gasteiger partial charge in [0, 0.05) is 6.07 Å². The summed E-state index contributed by atoms with van der Waals surface area (Å²) in [5, 5.41) is 3.03. The van der Waals surface area contributed by atoms with E-state index in [0.29, 0.717) is 12.4 Å². The highest BCUT2D eigenvalue weighted by Crippen LogP contribution is 2.13. The second kappa shape index (κ2) is 5.50. The van der Waals surface area contributed by atoms with E-state index in [-0.39, 0.29) is 17.1 Å². The number of halogens is 1. The number of nitrogens with two attached hydrogens (primary N) is 1. The Hall–Kier alpha value is -1.56. The van der Waals surface area contributed by atoms with Gasteiger partial charge in [-0.1, -0.05) is 11.6 Å². The van der Waals surface area contributed by atoms with Gasteiger partial charge in [0.25, 0.3) is 0 Å². The number of hydrogen-bond acceptors (Lipinski definition) is 6. The van der Waals surface area contributed by atoms with E-state index in [2.05, 4.69) is 15.3 Å². The van der Waals surface area contributed by atoms with Gasteiger partial charge in [-0.15, -0.1) is 0 Å². The Balaban J connectivity index is 2.69. The van der Waals surface area contributed by atoms with Crippen LogP contribution in [-0.2, 0) is 9.53 Å². The van der Waals surface area contributed by atoms with Crippen molar-refractivity contribution in [2.24, 2.45) is 0 Å². The second-order valence-corrected chi connectivity index (χ2v) is 3.44. The number of nitrogens with one attached hydrogen (secondary N) is 1. The number of hydrogen-bond donors (Lipinski definition) is 2. The Bertz CT molecular complexity index is 366. The van der Waals surface area contributed by atoms with Crippen molar-refractivity contribution in [3.63, 3.8) is 0 Å². The number of carbonyl (C=O) groups excluding carboxylic acids is 1. The summed E-state index contributed by atoms with van der Waals surface area (Å²) in [7, 11) is 0. The number of carbonyl (C=O) groups is 1. The number of rotatable bonds is 4. The van der Waals surface area contributed by atoms with Crippen LogP contribution >= 0.6 is 11.6 Å². The van der Waals surface area contributed by atoms with E-state index in [9.17, 15) is 4.79 Å². The van der Waals surface area contributed by atoms with Crippen molar-refractivity contribution in [3.05, 3.63) is 11.2 Å². The van der Waals surface area contributed by atoms with Crippen molar-refractivity contribution in [2.75, 3.05) is 17.7 Å². The molecule has 0 aliphatic carbocycles. The summed E-state index contributed by atoms with van der Waals surface area (Å²) in [4.78, 5) is 18.9. The molecular formula is C9H13ClN4O2. The quantitative estimate of drug-likeness (QED) is 0.608. The Morgan fingerprint density at radius 2 is 2.38 bits per heavy atom. The summed E-state index contributed by atoms with van der Waals surface area (Å²) in [5.41, 5.74) is 5.41. The van der Waals surface area contributed by atoms with Crippen molar-refractivity contribution in [1.29, 1.82) is 0 Å². The molecule has 0 aromatic carbocycles. The SMILES string of the molecule is CCOC(=O)C(C)Nc1cc(Cl)nc(N)n1. The van der Waals surface area contributed by atoms with Gasteiger partial charge in [0.05, 0.1) is 6.61 Å². The first-order valence-corrected chi connectivity index (χ1v) is 5.14. The molecule has 1 rings (SSSR count). The van der Waals surface area contributed by atoms with Crippen molar-refractivity contribution in [2.45, 2.75) is 19.9 Å². The van der Waals surface area contributed by atoms with Gasteiger partial charge in [-0.2, -0.15) is 4.98 Å². The van der Waals surface area contributed by atoms with Crippen LogP contribution in [0.4, 0.5) is 11.8 Å². The van der Waals surface area contributed by atoms with Crippen molar-refractivity contribution in [3.8, 4) is 0 Å². The smallest absolute Gasteiger partial charge is 0.328 e. The van der Waals surface area contributed by atoms with E-state index in [4.69, 9.17) is 22.1 Å². The lowest BCUT2D eigenvalue weighted by molar-refractivity contribution is -0.143. The average molecular weight is 245 g/mol. The lowest BCUT2D eigenvalue weighted by Crippen LogP contribution is -2.28. The summed E-state index contributed by atoms with van der Waals surface area (Å²) in [6.45, 7) is 3.73. The molecule has 7 heteroatoms. The van der Waals surface area contributed by atoms with Crippen molar-refractivity contribution in [1.82, 2.24) is 9.97 Å². The Morgan fingerprint density at radius 3 is 2.94 bits per heavy atom. The fourth-order valence-corrected chi connectivity index (χ4v) is 1.25. The fraction of sp³-hybridized carbons (Fsp3) is 0.444. The summed E-state index contributed by atoms with van der Waals surface area (Å²) in [5.74, 6) is 0.0694. The number of esters is 1. The van der Waals surface area contributed by atoms with Crippen LogP contribution in [-0.4, -0.2) is 28.6 Å². The van der Waals surface area contributed by atoms with E-state index in [1.165, 1.54) is 6.07 Å². The van der Waals surface area contributed by atoms with Crippen LogP contribution in [0.2, 0.25) is 5.15 Å². The first kappa shape index (κ1) is 12.5. The van der Waals surface area contributed by atoms with Crippen molar-refractivity contribution < 1.29 is 9.53 Å². The minimum atomic E-state index is -0.523. The lowest BCUT2D eigenvalue weighted by atomic mass is 10.3. The van der Waals surface area contributed by atoms with Gasteiger partial charge < -0.3 is 15.8 Å². The number of anilines is 2. The van der Waals surface area contributed by atoms with E-state index >= 15 is 0 Å². The molecule has 88 valence electrons. The first-order chi connectivity index (χ1) is 7.52. The standard InChI is InChI=1S/C9H13ClN4O2/c1-3-16-8(15)5(2)12-7-4-6(10)13-9(11)14-7/h4-5H,3H2,1-2H3,(H3,11,12,13,14). The Morgan fingerprint density at radius 1 is 1.69 bits per heavy atom. The highest BCUT2D eigenvalue weighted by Gasteiger charge is 2.14. The molecule has 0 saturated carbocycles. The van der Waals surface area contributed by atoms with Crippen LogP contribution in [0.25, 0.3) is 0 Å². The van der Waals surface area contributed by atoms with E-state index in [0.717, 1.165) is 0 Å². The normalized spacial score (nSPS) is 11.9. The average Bonchev–Trinajstić information content (AvgIpc) is 2.16. The van der Waals surface area contributed by atoms with Crippen LogP contribution in [0, 0.1) is 0 Å². The van der Waals surface area contributed by atoms with E-state index < -0.39 is 6.04 Å². The third-order valence-electron chi connectivity index (χ3n) is 1.72. The Kier molecular flexibility index (Phi) is 4.30. The largest absolute Gasteiger partial charge is 0.464 e. The maximum absolute atomic E-state index is 11.3. The van der Waals surface area contributed by atoms with Crippen LogP contribution in [0.1, 0.15) is 13.8 Å². The monoisotopic (exact) mass is 244 g/mol. The molecule has 0 fully saturated rings. The molecular weight excluding hydrogens is 232 g/mol. The molecule has 1 heterocycles.